The number of carboxylic acid groups (broad SMARTS) is 4. The second-order valence-electron chi connectivity index (χ2n) is 3.90. The molecule has 0 unspecified atom stereocenters. The summed E-state index contributed by atoms with van der Waals surface area (Å²) >= 11 is 0. The molecule has 0 aromatic heterocycles. The number of aromatic carboxylic acids is 4. The van der Waals surface area contributed by atoms with Crippen LogP contribution in [0.3, 0.4) is 0 Å². The fourth-order valence-corrected chi connectivity index (χ4v) is 1.66. The van der Waals surface area contributed by atoms with Crippen molar-refractivity contribution in [2.24, 2.45) is 0 Å². The van der Waals surface area contributed by atoms with Crippen LogP contribution >= 0.6 is 0 Å². The fraction of sp³-hybridized carbons (Fsp3) is 0. The summed E-state index contributed by atoms with van der Waals surface area (Å²) in [7, 11) is 0. The molecule has 120 valence electrons. The summed E-state index contributed by atoms with van der Waals surface area (Å²) in [5.41, 5.74) is -4.44. The number of carbonyl (C=O) groups excluding carboxylic acids is 1. The van der Waals surface area contributed by atoms with E-state index in [1.807, 2.05) is 0 Å². The highest BCUT2D eigenvalue weighted by Crippen LogP contribution is 2.32. The van der Waals surface area contributed by atoms with Gasteiger partial charge in [0.1, 0.15) is 11.1 Å². The van der Waals surface area contributed by atoms with Crippen molar-refractivity contribution in [1.29, 1.82) is 0 Å². The highest BCUT2D eigenvalue weighted by molar-refractivity contribution is 6.12. The van der Waals surface area contributed by atoms with Crippen molar-refractivity contribution in [2.75, 3.05) is 0 Å². The van der Waals surface area contributed by atoms with Gasteiger partial charge in [0.2, 0.25) is 0 Å². The van der Waals surface area contributed by atoms with Crippen molar-refractivity contribution in [1.82, 2.24) is 0 Å². The third kappa shape index (κ3) is 3.32. The number of ether oxygens (including phenoxy) is 1. The Kier molecular flexibility index (Phi) is 4.82. The highest BCUT2D eigenvalue weighted by atomic mass is 16.5. The van der Waals surface area contributed by atoms with Crippen molar-refractivity contribution in [3.63, 3.8) is 0 Å². The fourth-order valence-electron chi connectivity index (χ4n) is 1.66. The Morgan fingerprint density at radius 2 is 1.22 bits per heavy atom. The van der Waals surface area contributed by atoms with Gasteiger partial charge in [-0.15, -0.1) is 0 Å². The molecule has 0 atom stereocenters. The SMILES string of the molecule is C=CC(=O)Oc1c(C(=O)O)c(C(=O)O)cc(C(=O)O)c1C(=O)O. The molecule has 0 radical (unpaired) electrons. The molecule has 0 aliphatic heterocycles. The normalized spacial score (nSPS) is 9.74. The predicted molar refractivity (Wildman–Crippen MR) is 70.1 cm³/mol. The van der Waals surface area contributed by atoms with Gasteiger partial charge in [0.05, 0.1) is 11.1 Å². The maximum Gasteiger partial charge on any atom is 0.340 e. The maximum atomic E-state index is 11.3. The second kappa shape index (κ2) is 6.39. The monoisotopic (exact) mass is 324 g/mol. The lowest BCUT2D eigenvalue weighted by Gasteiger charge is -2.14. The maximum absolute atomic E-state index is 11.3. The molecule has 0 aliphatic rings. The molecule has 10 heteroatoms. The van der Waals surface area contributed by atoms with Crippen molar-refractivity contribution >= 4 is 29.8 Å². The Morgan fingerprint density at radius 3 is 1.48 bits per heavy atom. The van der Waals surface area contributed by atoms with Gasteiger partial charge in [0.15, 0.2) is 5.75 Å². The zero-order chi connectivity index (χ0) is 17.9. The van der Waals surface area contributed by atoms with E-state index in [9.17, 15) is 24.0 Å². The minimum absolute atomic E-state index is 0.364. The number of hydrogen-bond donors (Lipinski definition) is 4. The molecule has 0 saturated carbocycles. The van der Waals surface area contributed by atoms with E-state index >= 15 is 0 Å². The molecule has 1 aromatic carbocycles. The van der Waals surface area contributed by atoms with E-state index in [1.165, 1.54) is 0 Å². The zero-order valence-electron chi connectivity index (χ0n) is 11.1. The lowest BCUT2D eigenvalue weighted by atomic mass is 9.96. The van der Waals surface area contributed by atoms with E-state index in [1.54, 1.807) is 0 Å². The number of hydrogen-bond acceptors (Lipinski definition) is 6. The molecule has 23 heavy (non-hydrogen) atoms. The minimum Gasteiger partial charge on any atom is -0.478 e. The molecule has 4 N–H and O–H groups in total. The van der Waals surface area contributed by atoms with Crippen LogP contribution in [-0.4, -0.2) is 50.3 Å². The van der Waals surface area contributed by atoms with Gasteiger partial charge in [-0.2, -0.15) is 0 Å². The standard InChI is InChI=1S/C13H8O10/c1-2-6(14)23-9-7(12(19)20)4(10(15)16)3-5(11(17)18)8(9)13(21)22/h2-3H,1H2,(H,15,16)(H,17,18)(H,19,20)(H,21,22). The van der Waals surface area contributed by atoms with Gasteiger partial charge >= 0.3 is 29.8 Å². The van der Waals surface area contributed by atoms with E-state index in [2.05, 4.69) is 11.3 Å². The van der Waals surface area contributed by atoms with Crippen LogP contribution in [-0.2, 0) is 4.79 Å². The molecule has 0 saturated heterocycles. The molecule has 10 nitrogen and oxygen atoms in total. The molecule has 0 spiro atoms. The quantitative estimate of drug-likeness (QED) is 0.328. The van der Waals surface area contributed by atoms with Gasteiger partial charge in [-0.05, 0) is 6.07 Å². The van der Waals surface area contributed by atoms with E-state index in [4.69, 9.17) is 20.4 Å². The van der Waals surface area contributed by atoms with Crippen LogP contribution < -0.4 is 4.74 Å². The largest absolute Gasteiger partial charge is 0.478 e. The average Bonchev–Trinajstić information content (AvgIpc) is 2.44. The minimum atomic E-state index is -1.92. The summed E-state index contributed by atoms with van der Waals surface area (Å²) in [6, 6.07) is 0.364. The summed E-state index contributed by atoms with van der Waals surface area (Å²) in [5.74, 6) is -10.0. The molecule has 0 aliphatic carbocycles. The van der Waals surface area contributed by atoms with Crippen LogP contribution in [0.2, 0.25) is 0 Å². The van der Waals surface area contributed by atoms with Crippen LogP contribution in [0.25, 0.3) is 0 Å². The van der Waals surface area contributed by atoms with Crippen LogP contribution in [0.15, 0.2) is 18.7 Å². The van der Waals surface area contributed by atoms with Crippen LogP contribution in [0.4, 0.5) is 0 Å². The van der Waals surface area contributed by atoms with Crippen molar-refractivity contribution in [3.05, 3.63) is 41.0 Å². The average molecular weight is 324 g/mol. The third-order valence-electron chi connectivity index (χ3n) is 2.54. The molecule has 1 rings (SSSR count). The first kappa shape index (κ1) is 17.4. The Labute approximate surface area is 126 Å². The first-order chi connectivity index (χ1) is 10.6. The summed E-state index contributed by atoms with van der Waals surface area (Å²) in [6.45, 7) is 3.02. The number of benzene rings is 1. The predicted octanol–water partition coefficient (Wildman–Crippen LogP) is 0.571. The van der Waals surface area contributed by atoms with Gasteiger partial charge in [-0.1, -0.05) is 6.58 Å². The summed E-state index contributed by atoms with van der Waals surface area (Å²) in [6.07, 6.45) is 0.561. The molecule has 0 heterocycles. The van der Waals surface area contributed by atoms with E-state index in [0.29, 0.717) is 12.1 Å². The zero-order valence-corrected chi connectivity index (χ0v) is 11.1. The van der Waals surface area contributed by atoms with E-state index in [0.717, 1.165) is 0 Å². The first-order valence-electron chi connectivity index (χ1n) is 5.60. The Morgan fingerprint density at radius 1 is 0.826 bits per heavy atom. The lowest BCUT2D eigenvalue weighted by Crippen LogP contribution is -2.20. The van der Waals surface area contributed by atoms with Crippen molar-refractivity contribution in [2.45, 2.75) is 0 Å². The number of carbonyl (C=O) groups is 5. The van der Waals surface area contributed by atoms with E-state index in [-0.39, 0.29) is 0 Å². The molecule has 0 amide bonds. The summed E-state index contributed by atoms with van der Waals surface area (Å²) < 4.78 is 4.48. The van der Waals surface area contributed by atoms with Crippen LogP contribution in [0.5, 0.6) is 5.75 Å². The van der Waals surface area contributed by atoms with Crippen molar-refractivity contribution in [3.8, 4) is 5.75 Å². The van der Waals surface area contributed by atoms with Crippen LogP contribution in [0, 0.1) is 0 Å². The van der Waals surface area contributed by atoms with Crippen LogP contribution in [0.1, 0.15) is 41.4 Å². The summed E-state index contributed by atoms with van der Waals surface area (Å²) in [5, 5.41) is 36.2. The Bertz CT molecular complexity index is 708. The number of carboxylic acids is 4. The molecule has 0 bridgehead atoms. The Balaban J connectivity index is 4.02. The highest BCUT2D eigenvalue weighted by Gasteiger charge is 2.33. The smallest absolute Gasteiger partial charge is 0.340 e. The van der Waals surface area contributed by atoms with Gasteiger partial charge in [0, 0.05) is 6.08 Å². The van der Waals surface area contributed by atoms with Gasteiger partial charge in [-0.25, -0.2) is 24.0 Å². The topological polar surface area (TPSA) is 176 Å². The Hall–Kier alpha value is -3.69. The molecular formula is C13H8O10. The summed E-state index contributed by atoms with van der Waals surface area (Å²) in [4.78, 5) is 56.0. The number of esters is 1. The lowest BCUT2D eigenvalue weighted by molar-refractivity contribution is -0.129. The molecular weight excluding hydrogens is 316 g/mol. The second-order valence-corrected chi connectivity index (χ2v) is 3.90. The van der Waals surface area contributed by atoms with Gasteiger partial charge < -0.3 is 25.2 Å². The van der Waals surface area contributed by atoms with Crippen molar-refractivity contribution < 1.29 is 49.1 Å². The van der Waals surface area contributed by atoms with Gasteiger partial charge in [-0.3, -0.25) is 0 Å². The van der Waals surface area contributed by atoms with E-state index < -0.39 is 57.8 Å². The molecule has 1 aromatic rings. The molecule has 0 fully saturated rings. The number of rotatable bonds is 6. The first-order valence-corrected chi connectivity index (χ1v) is 5.60. The third-order valence-corrected chi connectivity index (χ3v) is 2.54. The van der Waals surface area contributed by atoms with Gasteiger partial charge in [0.25, 0.3) is 0 Å².